The van der Waals surface area contributed by atoms with Gasteiger partial charge in [0.2, 0.25) is 0 Å². The average molecular weight is 328 g/mol. The molecule has 1 unspecified atom stereocenters. The van der Waals surface area contributed by atoms with E-state index in [1.54, 1.807) is 23.1 Å². The van der Waals surface area contributed by atoms with Gasteiger partial charge in [0.25, 0.3) is 0 Å². The van der Waals surface area contributed by atoms with Crippen LogP contribution in [0.5, 0.6) is 0 Å². The third-order valence-electron chi connectivity index (χ3n) is 2.85. The van der Waals surface area contributed by atoms with Crippen LogP contribution in [0.4, 0.5) is 0 Å². The summed E-state index contributed by atoms with van der Waals surface area (Å²) >= 11 is 9.58. The van der Waals surface area contributed by atoms with Gasteiger partial charge in [-0.15, -0.1) is 10.2 Å². The van der Waals surface area contributed by atoms with Crippen molar-refractivity contribution in [2.75, 3.05) is 6.54 Å². The quantitative estimate of drug-likeness (QED) is 0.833. The van der Waals surface area contributed by atoms with Gasteiger partial charge in [-0.25, -0.2) is 0 Å². The summed E-state index contributed by atoms with van der Waals surface area (Å²) < 4.78 is 0.948. The molecule has 0 fully saturated rings. The molecule has 1 atom stereocenters. The zero-order chi connectivity index (χ0) is 14.5. The van der Waals surface area contributed by atoms with Crippen LogP contribution in [-0.4, -0.2) is 16.7 Å². The molecule has 1 aromatic carbocycles. The van der Waals surface area contributed by atoms with Crippen LogP contribution in [0.3, 0.4) is 0 Å². The minimum absolute atomic E-state index is 0.269. The van der Waals surface area contributed by atoms with Gasteiger partial charge in [-0.1, -0.05) is 47.7 Å². The molecular weight excluding hydrogens is 310 g/mol. The lowest BCUT2D eigenvalue weighted by Crippen LogP contribution is -2.19. The average Bonchev–Trinajstić information content (AvgIpc) is 2.81. The Labute approximate surface area is 133 Å². The monoisotopic (exact) mass is 327 g/mol. The Hall–Kier alpha value is -0.620. The van der Waals surface area contributed by atoms with Crippen LogP contribution < -0.4 is 5.32 Å². The number of rotatable bonds is 6. The minimum atomic E-state index is 0.269. The molecule has 0 radical (unpaired) electrons. The lowest BCUT2D eigenvalue weighted by atomic mass is 10.1. The number of aromatic nitrogens is 2. The fourth-order valence-corrected chi connectivity index (χ4v) is 4.05. The van der Waals surface area contributed by atoms with Crippen molar-refractivity contribution in [2.24, 2.45) is 0 Å². The predicted molar refractivity (Wildman–Crippen MR) is 86.9 cm³/mol. The van der Waals surface area contributed by atoms with Crippen molar-refractivity contribution < 1.29 is 0 Å². The fraction of sp³-hybridized carbons (Fsp3) is 0.429. The molecule has 3 nitrogen and oxygen atoms in total. The third-order valence-corrected chi connectivity index (χ3v) is 5.06. The number of halogens is 1. The van der Waals surface area contributed by atoms with Gasteiger partial charge in [0, 0.05) is 16.0 Å². The van der Waals surface area contributed by atoms with E-state index in [1.807, 2.05) is 13.0 Å². The zero-order valence-electron chi connectivity index (χ0n) is 11.8. The summed E-state index contributed by atoms with van der Waals surface area (Å²) in [6.45, 7) is 7.25. The Morgan fingerprint density at radius 1 is 1.40 bits per heavy atom. The van der Waals surface area contributed by atoms with Gasteiger partial charge in [0.15, 0.2) is 4.34 Å². The van der Waals surface area contributed by atoms with Crippen LogP contribution in [0, 0.1) is 6.92 Å². The number of hydrogen-bond donors (Lipinski definition) is 1. The molecule has 0 spiro atoms. The molecule has 0 saturated carbocycles. The molecule has 0 aliphatic heterocycles. The highest BCUT2D eigenvalue weighted by Gasteiger charge is 2.11. The molecule has 20 heavy (non-hydrogen) atoms. The van der Waals surface area contributed by atoms with Gasteiger partial charge in [-0.05, 0) is 44.5 Å². The van der Waals surface area contributed by atoms with Crippen molar-refractivity contribution in [3.05, 3.63) is 33.8 Å². The first-order chi connectivity index (χ1) is 9.60. The largest absolute Gasteiger partial charge is 0.310 e. The maximum absolute atomic E-state index is 6.39. The summed E-state index contributed by atoms with van der Waals surface area (Å²) in [5, 5.41) is 13.4. The Bertz CT molecular complexity index is 571. The van der Waals surface area contributed by atoms with Crippen LogP contribution in [0.15, 0.2) is 27.4 Å². The Morgan fingerprint density at radius 3 is 2.80 bits per heavy atom. The van der Waals surface area contributed by atoms with E-state index < -0.39 is 0 Å². The standard InChI is InChI=1S/C14H18ClN3S2/c1-4-7-16-9(2)12-6-5-11(8-13(12)15)20-14-18-17-10(3)19-14/h5-6,8-9,16H,4,7H2,1-3H3. The summed E-state index contributed by atoms with van der Waals surface area (Å²) in [5.41, 5.74) is 1.14. The predicted octanol–water partition coefficient (Wildman–Crippen LogP) is 4.71. The molecule has 2 aromatic rings. The molecule has 2 rings (SSSR count). The van der Waals surface area contributed by atoms with Gasteiger partial charge in [-0.3, -0.25) is 0 Å². The number of aryl methyl sites for hydroxylation is 1. The van der Waals surface area contributed by atoms with E-state index >= 15 is 0 Å². The van der Waals surface area contributed by atoms with Crippen molar-refractivity contribution in [1.29, 1.82) is 0 Å². The lowest BCUT2D eigenvalue weighted by Gasteiger charge is -2.15. The maximum Gasteiger partial charge on any atom is 0.179 e. The van der Waals surface area contributed by atoms with Crippen molar-refractivity contribution in [3.63, 3.8) is 0 Å². The van der Waals surface area contributed by atoms with E-state index in [0.29, 0.717) is 0 Å². The second-order valence-corrected chi connectivity index (χ2v) is 7.46. The Kier molecular flexibility index (Phi) is 5.84. The molecule has 0 amide bonds. The van der Waals surface area contributed by atoms with Crippen LogP contribution in [0.25, 0.3) is 0 Å². The Balaban J connectivity index is 2.09. The summed E-state index contributed by atoms with van der Waals surface area (Å²) in [7, 11) is 0. The zero-order valence-corrected chi connectivity index (χ0v) is 14.2. The minimum Gasteiger partial charge on any atom is -0.310 e. The summed E-state index contributed by atoms with van der Waals surface area (Å²) in [5.74, 6) is 0. The van der Waals surface area contributed by atoms with Crippen molar-refractivity contribution in [1.82, 2.24) is 15.5 Å². The second-order valence-electron chi connectivity index (χ2n) is 4.55. The van der Waals surface area contributed by atoms with Gasteiger partial charge in [0.1, 0.15) is 5.01 Å². The highest BCUT2D eigenvalue weighted by atomic mass is 35.5. The first kappa shape index (κ1) is 15.8. The van der Waals surface area contributed by atoms with Gasteiger partial charge in [0.05, 0.1) is 0 Å². The topological polar surface area (TPSA) is 37.8 Å². The van der Waals surface area contributed by atoms with E-state index in [-0.39, 0.29) is 6.04 Å². The molecule has 0 bridgehead atoms. The molecule has 0 saturated heterocycles. The summed E-state index contributed by atoms with van der Waals surface area (Å²) in [6.07, 6.45) is 1.12. The Morgan fingerprint density at radius 2 is 2.20 bits per heavy atom. The second kappa shape index (κ2) is 7.41. The molecular formula is C14H18ClN3S2. The van der Waals surface area contributed by atoms with Crippen LogP contribution in [0.1, 0.15) is 36.9 Å². The summed E-state index contributed by atoms with van der Waals surface area (Å²) in [4.78, 5) is 1.09. The third kappa shape index (κ3) is 4.19. The highest BCUT2D eigenvalue weighted by molar-refractivity contribution is 8.01. The van der Waals surface area contributed by atoms with Gasteiger partial charge in [-0.2, -0.15) is 0 Å². The SMILES string of the molecule is CCCNC(C)c1ccc(Sc2nnc(C)s2)cc1Cl. The smallest absolute Gasteiger partial charge is 0.179 e. The van der Waals surface area contributed by atoms with E-state index in [4.69, 9.17) is 11.6 Å². The van der Waals surface area contributed by atoms with Gasteiger partial charge >= 0.3 is 0 Å². The fourth-order valence-electron chi connectivity index (χ4n) is 1.81. The van der Waals surface area contributed by atoms with Crippen molar-refractivity contribution in [3.8, 4) is 0 Å². The van der Waals surface area contributed by atoms with Crippen LogP contribution in [-0.2, 0) is 0 Å². The van der Waals surface area contributed by atoms with Crippen LogP contribution >= 0.6 is 34.7 Å². The normalized spacial score (nSPS) is 12.6. The first-order valence-electron chi connectivity index (χ1n) is 6.61. The number of hydrogen-bond acceptors (Lipinski definition) is 5. The molecule has 0 aliphatic carbocycles. The lowest BCUT2D eigenvalue weighted by molar-refractivity contribution is 0.570. The maximum atomic E-state index is 6.39. The summed E-state index contributed by atoms with van der Waals surface area (Å²) in [6, 6.07) is 6.45. The van der Waals surface area contributed by atoms with E-state index in [0.717, 1.165) is 37.8 Å². The number of benzene rings is 1. The van der Waals surface area contributed by atoms with Crippen LogP contribution in [0.2, 0.25) is 5.02 Å². The van der Waals surface area contributed by atoms with Crippen molar-refractivity contribution >= 4 is 34.7 Å². The van der Waals surface area contributed by atoms with Gasteiger partial charge < -0.3 is 5.32 Å². The van der Waals surface area contributed by atoms with E-state index in [9.17, 15) is 0 Å². The molecule has 1 aromatic heterocycles. The molecule has 1 heterocycles. The molecule has 6 heteroatoms. The number of nitrogens with one attached hydrogen (secondary N) is 1. The van der Waals surface area contributed by atoms with E-state index in [1.165, 1.54) is 0 Å². The molecule has 0 aliphatic rings. The van der Waals surface area contributed by atoms with Crippen molar-refractivity contribution in [2.45, 2.75) is 42.5 Å². The molecule has 1 N–H and O–H groups in total. The van der Waals surface area contributed by atoms with E-state index in [2.05, 4.69) is 41.5 Å². The highest BCUT2D eigenvalue weighted by Crippen LogP contribution is 2.33. The molecule has 108 valence electrons. The number of nitrogens with zero attached hydrogens (tertiary/aromatic N) is 2. The first-order valence-corrected chi connectivity index (χ1v) is 8.62.